The van der Waals surface area contributed by atoms with Gasteiger partial charge in [0.25, 0.3) is 0 Å². The van der Waals surface area contributed by atoms with E-state index in [1.165, 1.54) is 0 Å². The first kappa shape index (κ1) is 12.1. The Labute approximate surface area is 110 Å². The molecule has 2 atom stereocenters. The smallest absolute Gasteiger partial charge is 0.235 e. The van der Waals surface area contributed by atoms with Gasteiger partial charge in [-0.1, -0.05) is 6.07 Å². The van der Waals surface area contributed by atoms with Crippen LogP contribution in [0.1, 0.15) is 19.8 Å². The van der Waals surface area contributed by atoms with Crippen LogP contribution in [-0.2, 0) is 9.53 Å². The number of pyridine rings is 1. The quantitative estimate of drug-likeness (QED) is 0.888. The molecule has 100 valence electrons. The van der Waals surface area contributed by atoms with Gasteiger partial charge in [-0.2, -0.15) is 0 Å². The van der Waals surface area contributed by atoms with Gasteiger partial charge < -0.3 is 4.74 Å². The van der Waals surface area contributed by atoms with Crippen LogP contribution >= 0.6 is 0 Å². The van der Waals surface area contributed by atoms with Gasteiger partial charge in [-0.3, -0.25) is 14.5 Å². The number of ether oxygens (including phenoxy) is 1. The first-order chi connectivity index (χ1) is 9.25. The highest BCUT2D eigenvalue weighted by Gasteiger charge is 2.29. The highest BCUT2D eigenvalue weighted by molar-refractivity contribution is 5.91. The number of carbonyl (C=O) groups excluding carboxylic acids is 1. The number of fused-ring (bicyclic) bond motifs is 1. The summed E-state index contributed by atoms with van der Waals surface area (Å²) < 4.78 is 7.27. The predicted octanol–water partition coefficient (Wildman–Crippen LogP) is 1.48. The third kappa shape index (κ3) is 2.31. The number of nitrogens with zero attached hydrogens (tertiary/aromatic N) is 3. The summed E-state index contributed by atoms with van der Waals surface area (Å²) in [6, 6.07) is 5.60. The van der Waals surface area contributed by atoms with E-state index in [1.807, 2.05) is 31.3 Å². The fourth-order valence-corrected chi connectivity index (χ4v) is 2.40. The van der Waals surface area contributed by atoms with Gasteiger partial charge in [-0.15, -0.1) is 10.2 Å². The average Bonchev–Trinajstić information content (AvgIpc) is 2.83. The molecule has 1 saturated heterocycles. The molecule has 0 aliphatic carbocycles. The van der Waals surface area contributed by atoms with E-state index in [2.05, 4.69) is 15.5 Å². The minimum Gasteiger partial charge on any atom is -0.378 e. The number of aromatic nitrogens is 3. The summed E-state index contributed by atoms with van der Waals surface area (Å²) in [5.41, 5.74) is 0.714. The minimum atomic E-state index is -0.121. The summed E-state index contributed by atoms with van der Waals surface area (Å²) in [4.78, 5) is 12.2. The van der Waals surface area contributed by atoms with Crippen molar-refractivity contribution in [2.75, 3.05) is 11.9 Å². The van der Waals surface area contributed by atoms with Crippen LogP contribution in [0.25, 0.3) is 5.65 Å². The molecule has 3 rings (SSSR count). The van der Waals surface area contributed by atoms with Gasteiger partial charge in [-0.25, -0.2) is 0 Å². The Hall–Kier alpha value is -1.95. The number of nitrogens with one attached hydrogen (secondary N) is 1. The molecule has 2 aromatic rings. The maximum atomic E-state index is 12.2. The van der Waals surface area contributed by atoms with Crippen LogP contribution in [0.3, 0.4) is 0 Å². The van der Waals surface area contributed by atoms with Gasteiger partial charge in [0.15, 0.2) is 5.65 Å². The van der Waals surface area contributed by atoms with E-state index in [-0.39, 0.29) is 17.9 Å². The van der Waals surface area contributed by atoms with Crippen LogP contribution in [0.15, 0.2) is 24.4 Å². The van der Waals surface area contributed by atoms with Crippen molar-refractivity contribution in [3.05, 3.63) is 24.4 Å². The summed E-state index contributed by atoms with van der Waals surface area (Å²) in [7, 11) is 0. The molecule has 1 amide bonds. The largest absolute Gasteiger partial charge is 0.378 e. The molecule has 0 spiro atoms. The first-order valence-corrected chi connectivity index (χ1v) is 6.48. The highest BCUT2D eigenvalue weighted by atomic mass is 16.5. The van der Waals surface area contributed by atoms with Crippen molar-refractivity contribution in [3.8, 4) is 0 Å². The van der Waals surface area contributed by atoms with Crippen LogP contribution in [0.4, 0.5) is 5.95 Å². The van der Waals surface area contributed by atoms with Crippen LogP contribution in [0.5, 0.6) is 0 Å². The Bertz CT molecular complexity index is 595. The van der Waals surface area contributed by atoms with E-state index in [0.29, 0.717) is 11.6 Å². The standard InChI is InChI=1S/C13H16N4O2/c1-9-10(5-4-8-19-9)12(18)14-13-16-15-11-6-2-3-7-17(11)13/h2-3,6-7,9-10H,4-5,8H2,1H3,(H,14,16,18)/t9-,10-/m1/s1. The summed E-state index contributed by atoms with van der Waals surface area (Å²) >= 11 is 0. The van der Waals surface area contributed by atoms with Crippen LogP contribution in [-0.4, -0.2) is 33.2 Å². The van der Waals surface area contributed by atoms with Gasteiger partial charge in [0.05, 0.1) is 12.0 Å². The van der Waals surface area contributed by atoms with E-state index in [4.69, 9.17) is 4.74 Å². The number of rotatable bonds is 2. The maximum absolute atomic E-state index is 12.2. The van der Waals surface area contributed by atoms with Crippen molar-refractivity contribution in [2.45, 2.75) is 25.9 Å². The molecule has 0 aromatic carbocycles. The highest BCUT2D eigenvalue weighted by Crippen LogP contribution is 2.22. The number of carbonyl (C=O) groups is 1. The molecule has 0 saturated carbocycles. The third-order valence-corrected chi connectivity index (χ3v) is 3.49. The predicted molar refractivity (Wildman–Crippen MR) is 69.8 cm³/mol. The van der Waals surface area contributed by atoms with Crippen molar-refractivity contribution in [3.63, 3.8) is 0 Å². The van der Waals surface area contributed by atoms with E-state index in [9.17, 15) is 4.79 Å². The summed E-state index contributed by atoms with van der Waals surface area (Å²) in [5.74, 6) is 0.286. The first-order valence-electron chi connectivity index (χ1n) is 6.48. The Kier molecular flexibility index (Phi) is 3.16. The van der Waals surface area contributed by atoms with Crippen LogP contribution in [0.2, 0.25) is 0 Å². The monoisotopic (exact) mass is 260 g/mol. The zero-order valence-electron chi connectivity index (χ0n) is 10.7. The molecule has 3 heterocycles. The van der Waals surface area contributed by atoms with Gasteiger partial charge in [-0.05, 0) is 31.9 Å². The van der Waals surface area contributed by atoms with Crippen molar-refractivity contribution < 1.29 is 9.53 Å². The molecule has 0 unspecified atom stereocenters. The van der Waals surface area contributed by atoms with Gasteiger partial charge in [0, 0.05) is 12.8 Å². The van der Waals surface area contributed by atoms with E-state index in [1.54, 1.807) is 4.40 Å². The molecule has 1 aliphatic heterocycles. The van der Waals surface area contributed by atoms with E-state index >= 15 is 0 Å². The Morgan fingerprint density at radius 1 is 1.47 bits per heavy atom. The van der Waals surface area contributed by atoms with E-state index < -0.39 is 0 Å². The Morgan fingerprint density at radius 2 is 2.37 bits per heavy atom. The molecule has 1 aliphatic rings. The van der Waals surface area contributed by atoms with Crippen molar-refractivity contribution in [1.29, 1.82) is 0 Å². The molecule has 1 N–H and O–H groups in total. The second-order valence-electron chi connectivity index (χ2n) is 4.77. The van der Waals surface area contributed by atoms with Gasteiger partial charge in [0.1, 0.15) is 0 Å². The van der Waals surface area contributed by atoms with Crippen LogP contribution < -0.4 is 5.32 Å². The fourth-order valence-electron chi connectivity index (χ4n) is 2.40. The molecule has 1 fully saturated rings. The lowest BCUT2D eigenvalue weighted by molar-refractivity contribution is -0.127. The molecule has 0 bridgehead atoms. The molecule has 6 nitrogen and oxygen atoms in total. The molecule has 2 aromatic heterocycles. The van der Waals surface area contributed by atoms with Gasteiger partial charge in [0.2, 0.25) is 11.9 Å². The number of amides is 1. The second kappa shape index (κ2) is 4.97. The van der Waals surface area contributed by atoms with E-state index in [0.717, 1.165) is 19.4 Å². The van der Waals surface area contributed by atoms with Crippen molar-refractivity contribution >= 4 is 17.5 Å². The normalized spacial score (nSPS) is 23.4. The minimum absolute atomic E-state index is 0.0482. The van der Waals surface area contributed by atoms with Crippen LogP contribution in [0, 0.1) is 5.92 Å². The average molecular weight is 260 g/mol. The molecule has 0 radical (unpaired) electrons. The van der Waals surface area contributed by atoms with Crippen molar-refractivity contribution in [1.82, 2.24) is 14.6 Å². The second-order valence-corrected chi connectivity index (χ2v) is 4.77. The SMILES string of the molecule is C[C@H]1OCCC[C@H]1C(=O)Nc1nnc2ccccn12. The fraction of sp³-hybridized carbons (Fsp3) is 0.462. The Morgan fingerprint density at radius 3 is 3.21 bits per heavy atom. The molecule has 19 heavy (non-hydrogen) atoms. The summed E-state index contributed by atoms with van der Waals surface area (Å²) in [6.45, 7) is 2.67. The lowest BCUT2D eigenvalue weighted by Crippen LogP contribution is -2.36. The summed E-state index contributed by atoms with van der Waals surface area (Å²) in [6.07, 6.45) is 3.55. The van der Waals surface area contributed by atoms with Gasteiger partial charge >= 0.3 is 0 Å². The molecular weight excluding hydrogens is 244 g/mol. The maximum Gasteiger partial charge on any atom is 0.235 e. The topological polar surface area (TPSA) is 68.5 Å². The lowest BCUT2D eigenvalue weighted by atomic mass is 9.94. The number of hydrogen-bond acceptors (Lipinski definition) is 4. The zero-order chi connectivity index (χ0) is 13.2. The number of anilines is 1. The number of hydrogen-bond donors (Lipinski definition) is 1. The molecule has 6 heteroatoms. The third-order valence-electron chi connectivity index (χ3n) is 3.49. The summed E-state index contributed by atoms with van der Waals surface area (Å²) in [5, 5.41) is 10.8. The lowest BCUT2D eigenvalue weighted by Gasteiger charge is -2.27. The van der Waals surface area contributed by atoms with Crippen molar-refractivity contribution in [2.24, 2.45) is 5.92 Å². The Balaban J connectivity index is 1.79. The zero-order valence-corrected chi connectivity index (χ0v) is 10.7. The molecular formula is C13H16N4O2.